The zero-order valence-corrected chi connectivity index (χ0v) is 15.3. The summed E-state index contributed by atoms with van der Waals surface area (Å²) in [7, 11) is 6.11. The molecule has 0 aliphatic carbocycles. The van der Waals surface area contributed by atoms with Gasteiger partial charge in [-0.25, -0.2) is 0 Å². The van der Waals surface area contributed by atoms with Crippen LogP contribution in [0.25, 0.3) is 0 Å². The summed E-state index contributed by atoms with van der Waals surface area (Å²) in [5.74, 6) is 0. The van der Waals surface area contributed by atoms with Crippen molar-refractivity contribution in [1.82, 2.24) is 10.6 Å². The van der Waals surface area contributed by atoms with Crippen LogP contribution in [-0.4, -0.2) is 6.03 Å². The molecule has 3 nitrogen and oxygen atoms in total. The van der Waals surface area contributed by atoms with Gasteiger partial charge in [-0.2, -0.15) is 6.92 Å². The van der Waals surface area contributed by atoms with Crippen molar-refractivity contribution in [3.05, 3.63) is 21.0 Å². The van der Waals surface area contributed by atoms with E-state index >= 15 is 0 Å². The Balaban J connectivity index is -0.0000000222. The molecule has 0 aromatic carbocycles. The fourth-order valence-corrected chi connectivity index (χ4v) is 0.0625. The van der Waals surface area contributed by atoms with Gasteiger partial charge in [-0.05, 0) is 0 Å². The average molecular weight is 382 g/mol. The number of nitrogens with one attached hydrogen (secondary N) is 2. The molecular formula is C5H11N2OY3-3. The topological polar surface area (TPSA) is 41.1 Å². The number of amides is 2. The number of hydrogen-bond donors (Lipinski definition) is 2. The molecule has 0 saturated carbocycles. The summed E-state index contributed by atoms with van der Waals surface area (Å²) in [6.07, 6.45) is 0. The second-order valence-electron chi connectivity index (χ2n) is 0.683. The first-order chi connectivity index (χ1) is 3.81. The number of hydrogen-bond acceptors (Lipinski definition) is 1. The molecule has 0 aromatic heterocycles. The van der Waals surface area contributed by atoms with E-state index in [1.54, 1.807) is 6.92 Å². The van der Waals surface area contributed by atoms with Crippen LogP contribution >= 0.6 is 0 Å². The van der Waals surface area contributed by atoms with Gasteiger partial charge in [0.1, 0.15) is 0 Å². The van der Waals surface area contributed by atoms with Crippen LogP contribution in [0, 0.1) is 21.0 Å². The molecule has 0 aromatic rings. The SMILES string of the molecule is [CH2-]C.[CH2-]NC(=O)N[CH2-].[Y].[Y].[Y]. The van der Waals surface area contributed by atoms with E-state index in [4.69, 9.17) is 0 Å². The predicted molar refractivity (Wildman–Crippen MR) is 33.4 cm³/mol. The standard InChI is InChI=1S/C3H6N2O.C2H5.3Y/c1-4-3(6)5-2;1-2;;;/h1-2H2,(H2,4,5,6);1H2,2H3;;;/q-2;-1;;;. The Morgan fingerprint density at radius 2 is 1.18 bits per heavy atom. The van der Waals surface area contributed by atoms with E-state index in [-0.39, 0.29) is 104 Å². The quantitative estimate of drug-likeness (QED) is 0.596. The van der Waals surface area contributed by atoms with E-state index < -0.39 is 0 Å². The van der Waals surface area contributed by atoms with Crippen molar-refractivity contribution >= 4 is 6.03 Å². The van der Waals surface area contributed by atoms with Gasteiger partial charge >= 0.3 is 0 Å². The van der Waals surface area contributed by atoms with Crippen LogP contribution in [0.5, 0.6) is 0 Å². The number of rotatable bonds is 0. The number of carbonyl (C=O) groups is 1. The van der Waals surface area contributed by atoms with Gasteiger partial charge in [-0.15, -0.1) is 0 Å². The molecule has 0 bridgehead atoms. The van der Waals surface area contributed by atoms with Crippen LogP contribution in [-0.2, 0) is 98.1 Å². The van der Waals surface area contributed by atoms with Crippen LogP contribution < -0.4 is 10.6 Å². The second kappa shape index (κ2) is 29.4. The van der Waals surface area contributed by atoms with Crippen LogP contribution in [0.15, 0.2) is 0 Å². The van der Waals surface area contributed by atoms with Gasteiger partial charge in [0.15, 0.2) is 0 Å². The van der Waals surface area contributed by atoms with Gasteiger partial charge in [0.25, 0.3) is 6.03 Å². The number of carbonyl (C=O) groups excluding carboxylic acids is 1. The molecule has 0 rings (SSSR count). The average Bonchev–Trinajstić information content (AvgIpc) is 1.91. The van der Waals surface area contributed by atoms with Crippen molar-refractivity contribution in [2.45, 2.75) is 6.92 Å². The summed E-state index contributed by atoms with van der Waals surface area (Å²) in [5.41, 5.74) is 0. The van der Waals surface area contributed by atoms with E-state index in [1.807, 2.05) is 0 Å². The molecule has 2 amide bonds. The Labute approximate surface area is 145 Å². The summed E-state index contributed by atoms with van der Waals surface area (Å²) < 4.78 is 0. The molecule has 3 radical (unpaired) electrons. The summed E-state index contributed by atoms with van der Waals surface area (Å²) >= 11 is 0. The third kappa shape index (κ3) is 32.5. The zero-order valence-electron chi connectivity index (χ0n) is 6.76. The van der Waals surface area contributed by atoms with Crippen LogP contribution in [0.3, 0.4) is 0 Å². The molecule has 0 spiro atoms. The first-order valence-corrected chi connectivity index (χ1v) is 2.12. The molecule has 0 fully saturated rings. The molecule has 0 saturated heterocycles. The van der Waals surface area contributed by atoms with Gasteiger partial charge in [-0.1, -0.05) is 0 Å². The van der Waals surface area contributed by atoms with Crippen molar-refractivity contribution in [1.29, 1.82) is 0 Å². The van der Waals surface area contributed by atoms with E-state index in [0.717, 1.165) is 0 Å². The molecular weight excluding hydrogens is 371 g/mol. The van der Waals surface area contributed by atoms with E-state index in [9.17, 15) is 4.79 Å². The Hall–Kier alpha value is 2.58. The van der Waals surface area contributed by atoms with Crippen molar-refractivity contribution in [3.8, 4) is 0 Å². The third-order valence-corrected chi connectivity index (χ3v) is 0.321. The summed E-state index contributed by atoms with van der Waals surface area (Å²) in [4.78, 5) is 9.83. The first kappa shape index (κ1) is 29.2. The summed E-state index contributed by atoms with van der Waals surface area (Å²) in [6, 6.07) is -0.380. The Morgan fingerprint density at radius 1 is 1.00 bits per heavy atom. The predicted octanol–water partition coefficient (Wildman–Crippen LogP) is 0.702. The molecule has 0 heterocycles. The maximum Gasteiger partial charge on any atom is 0.255 e. The second-order valence-corrected chi connectivity index (χ2v) is 0.683. The molecule has 0 aliphatic rings. The monoisotopic (exact) mass is 382 g/mol. The van der Waals surface area contributed by atoms with E-state index in [0.29, 0.717) is 0 Å². The molecule has 6 heteroatoms. The summed E-state index contributed by atoms with van der Waals surface area (Å²) in [5, 5.41) is 4.10. The molecule has 0 aliphatic heterocycles. The maximum atomic E-state index is 9.83. The van der Waals surface area contributed by atoms with Gasteiger partial charge in [0.2, 0.25) is 0 Å². The van der Waals surface area contributed by atoms with Gasteiger partial charge in [-0.3, -0.25) is 18.9 Å². The molecule has 59 valence electrons. The van der Waals surface area contributed by atoms with Crippen molar-refractivity contribution < 1.29 is 103 Å². The van der Waals surface area contributed by atoms with Crippen molar-refractivity contribution in [2.75, 3.05) is 0 Å². The van der Waals surface area contributed by atoms with Gasteiger partial charge in [0.05, 0.1) is 0 Å². The molecule has 0 unspecified atom stereocenters. The minimum absolute atomic E-state index is 0. The smallest absolute Gasteiger partial charge is 0.255 e. The normalized spacial score (nSPS) is 4.36. The van der Waals surface area contributed by atoms with Crippen LogP contribution in [0.2, 0.25) is 0 Å². The van der Waals surface area contributed by atoms with Crippen molar-refractivity contribution in [2.24, 2.45) is 0 Å². The fraction of sp³-hybridized carbons (Fsp3) is 0.200. The molecule has 2 N–H and O–H groups in total. The maximum absolute atomic E-state index is 9.83. The molecule has 11 heavy (non-hydrogen) atoms. The fourth-order valence-electron chi connectivity index (χ4n) is 0.0625. The molecule has 0 atom stereocenters. The first-order valence-electron chi connectivity index (χ1n) is 2.12. The largest absolute Gasteiger partial charge is 0.492 e. The van der Waals surface area contributed by atoms with Crippen molar-refractivity contribution in [3.63, 3.8) is 0 Å². The minimum Gasteiger partial charge on any atom is -0.492 e. The summed E-state index contributed by atoms with van der Waals surface area (Å²) in [6.45, 7) is 5.00. The number of urea groups is 1. The zero-order chi connectivity index (χ0) is 6.99. The van der Waals surface area contributed by atoms with Crippen LogP contribution in [0.4, 0.5) is 4.79 Å². The van der Waals surface area contributed by atoms with Gasteiger partial charge in [0, 0.05) is 98.1 Å². The van der Waals surface area contributed by atoms with Gasteiger partial charge < -0.3 is 17.6 Å². The minimum atomic E-state index is -0.380. The third-order valence-electron chi connectivity index (χ3n) is 0.321. The van der Waals surface area contributed by atoms with E-state index in [1.165, 1.54) is 0 Å². The Bertz CT molecular complexity index is 57.7. The Kier molecular flexibility index (Phi) is 77.9. The Morgan fingerprint density at radius 3 is 1.18 bits per heavy atom. The van der Waals surface area contributed by atoms with Crippen LogP contribution in [0.1, 0.15) is 6.92 Å². The van der Waals surface area contributed by atoms with E-state index in [2.05, 4.69) is 31.7 Å².